The molecule has 0 bridgehead atoms. The van der Waals surface area contributed by atoms with Crippen LogP contribution >= 0.6 is 0 Å². The molecule has 2 aromatic carbocycles. The van der Waals surface area contributed by atoms with Gasteiger partial charge in [-0.2, -0.15) is 0 Å². The molecule has 3 rings (SSSR count). The molecular formula is C20H25N3O2. The third-order valence-corrected chi connectivity index (χ3v) is 4.55. The molecule has 132 valence electrons. The van der Waals surface area contributed by atoms with Crippen molar-refractivity contribution in [2.24, 2.45) is 0 Å². The summed E-state index contributed by atoms with van der Waals surface area (Å²) in [6.07, 6.45) is 0. The van der Waals surface area contributed by atoms with Crippen LogP contribution in [0.3, 0.4) is 0 Å². The molecule has 1 fully saturated rings. The molecule has 3 N–H and O–H groups in total. The van der Waals surface area contributed by atoms with Gasteiger partial charge in [0.15, 0.2) is 0 Å². The molecule has 1 saturated heterocycles. The van der Waals surface area contributed by atoms with Crippen LogP contribution in [0.5, 0.6) is 0 Å². The molecule has 1 aliphatic rings. The number of benzene rings is 2. The summed E-state index contributed by atoms with van der Waals surface area (Å²) in [5, 5.41) is 3.06. The standard InChI is InChI=1S/C20H25N3O2/c1-15-5-7-16(8-6-15)19(23-9-11-25-12-10-23)14-22-20(24)17-3-2-4-18(21)13-17/h2-8,13,19H,9-12,14,21H2,1H3,(H,22,24). The third kappa shape index (κ3) is 4.59. The normalized spacial score (nSPS) is 16.4. The Morgan fingerprint density at radius 3 is 2.60 bits per heavy atom. The van der Waals surface area contributed by atoms with Crippen LogP contribution in [0.25, 0.3) is 0 Å². The van der Waals surface area contributed by atoms with Gasteiger partial charge in [-0.05, 0) is 30.7 Å². The quantitative estimate of drug-likeness (QED) is 0.821. The summed E-state index contributed by atoms with van der Waals surface area (Å²) in [7, 11) is 0. The molecule has 0 saturated carbocycles. The lowest BCUT2D eigenvalue weighted by molar-refractivity contribution is 0.0162. The first-order chi connectivity index (χ1) is 12.1. The Morgan fingerprint density at radius 2 is 1.92 bits per heavy atom. The fraction of sp³-hybridized carbons (Fsp3) is 0.350. The molecule has 1 unspecified atom stereocenters. The van der Waals surface area contributed by atoms with Crippen LogP contribution in [0, 0.1) is 6.92 Å². The molecule has 2 aromatic rings. The topological polar surface area (TPSA) is 67.6 Å². The summed E-state index contributed by atoms with van der Waals surface area (Å²) in [4.78, 5) is 14.8. The largest absolute Gasteiger partial charge is 0.399 e. The van der Waals surface area contributed by atoms with Crippen molar-refractivity contribution in [2.75, 3.05) is 38.6 Å². The summed E-state index contributed by atoms with van der Waals surface area (Å²) in [5.41, 5.74) is 9.39. The number of nitrogens with one attached hydrogen (secondary N) is 1. The van der Waals surface area contributed by atoms with Gasteiger partial charge in [0.05, 0.1) is 19.3 Å². The van der Waals surface area contributed by atoms with Gasteiger partial charge in [0.25, 0.3) is 5.91 Å². The predicted molar refractivity (Wildman–Crippen MR) is 99.5 cm³/mol. The number of hydrogen-bond donors (Lipinski definition) is 2. The number of carbonyl (C=O) groups is 1. The van der Waals surface area contributed by atoms with Crippen LogP contribution in [0.1, 0.15) is 27.5 Å². The van der Waals surface area contributed by atoms with E-state index in [1.54, 1.807) is 24.3 Å². The molecule has 0 aliphatic carbocycles. The molecule has 5 nitrogen and oxygen atoms in total. The molecular weight excluding hydrogens is 314 g/mol. The van der Waals surface area contributed by atoms with E-state index in [-0.39, 0.29) is 11.9 Å². The van der Waals surface area contributed by atoms with Crippen molar-refractivity contribution in [3.05, 3.63) is 65.2 Å². The first-order valence-electron chi connectivity index (χ1n) is 8.65. The number of ether oxygens (including phenoxy) is 1. The van der Waals surface area contributed by atoms with Gasteiger partial charge < -0.3 is 15.8 Å². The highest BCUT2D eigenvalue weighted by atomic mass is 16.5. The second kappa shape index (κ2) is 8.14. The lowest BCUT2D eigenvalue weighted by Crippen LogP contribution is -2.43. The summed E-state index contributed by atoms with van der Waals surface area (Å²) >= 11 is 0. The smallest absolute Gasteiger partial charge is 0.251 e. The van der Waals surface area contributed by atoms with Gasteiger partial charge in [-0.25, -0.2) is 0 Å². The number of rotatable bonds is 5. The van der Waals surface area contributed by atoms with Crippen LogP contribution in [0.15, 0.2) is 48.5 Å². The zero-order valence-electron chi connectivity index (χ0n) is 14.6. The number of nitrogens with zero attached hydrogens (tertiary/aromatic N) is 1. The molecule has 1 aliphatic heterocycles. The molecule has 1 heterocycles. The zero-order chi connectivity index (χ0) is 17.6. The van der Waals surface area contributed by atoms with Crippen molar-refractivity contribution in [2.45, 2.75) is 13.0 Å². The van der Waals surface area contributed by atoms with Gasteiger partial charge in [0, 0.05) is 30.9 Å². The van der Waals surface area contributed by atoms with E-state index in [1.807, 2.05) is 0 Å². The molecule has 0 aromatic heterocycles. The molecule has 5 heteroatoms. The average Bonchev–Trinajstić information content (AvgIpc) is 2.64. The van der Waals surface area contributed by atoms with Gasteiger partial charge in [0.1, 0.15) is 0 Å². The lowest BCUT2D eigenvalue weighted by atomic mass is 10.0. The maximum Gasteiger partial charge on any atom is 0.251 e. The Balaban J connectivity index is 1.73. The fourth-order valence-corrected chi connectivity index (χ4v) is 3.11. The highest BCUT2D eigenvalue weighted by Crippen LogP contribution is 2.22. The summed E-state index contributed by atoms with van der Waals surface area (Å²) in [6.45, 7) is 5.82. The Morgan fingerprint density at radius 1 is 1.20 bits per heavy atom. The first-order valence-corrected chi connectivity index (χ1v) is 8.65. The minimum Gasteiger partial charge on any atom is -0.399 e. The number of hydrogen-bond acceptors (Lipinski definition) is 4. The van der Waals surface area contributed by atoms with Crippen LogP contribution in [-0.4, -0.2) is 43.7 Å². The number of amides is 1. The van der Waals surface area contributed by atoms with Crippen molar-refractivity contribution in [3.63, 3.8) is 0 Å². The average molecular weight is 339 g/mol. The number of anilines is 1. The number of morpholine rings is 1. The van der Waals surface area contributed by atoms with Crippen molar-refractivity contribution >= 4 is 11.6 Å². The number of carbonyl (C=O) groups excluding carboxylic acids is 1. The van der Waals surface area contributed by atoms with E-state index >= 15 is 0 Å². The van der Waals surface area contributed by atoms with Crippen molar-refractivity contribution in [1.82, 2.24) is 10.2 Å². The number of aryl methyl sites for hydroxylation is 1. The zero-order valence-corrected chi connectivity index (χ0v) is 14.6. The number of nitrogens with two attached hydrogens (primary N) is 1. The van der Waals surface area contributed by atoms with E-state index in [1.165, 1.54) is 11.1 Å². The summed E-state index contributed by atoms with van der Waals surface area (Å²) in [5.74, 6) is -0.0994. The SMILES string of the molecule is Cc1ccc(C(CNC(=O)c2cccc(N)c2)N2CCOCC2)cc1. The summed E-state index contributed by atoms with van der Waals surface area (Å²) in [6, 6.07) is 15.7. The fourth-order valence-electron chi connectivity index (χ4n) is 3.11. The maximum absolute atomic E-state index is 12.5. The maximum atomic E-state index is 12.5. The van der Waals surface area contributed by atoms with Gasteiger partial charge in [-0.3, -0.25) is 9.69 Å². The van der Waals surface area contributed by atoms with E-state index in [4.69, 9.17) is 10.5 Å². The van der Waals surface area contributed by atoms with E-state index in [9.17, 15) is 4.79 Å². The molecule has 0 spiro atoms. The highest BCUT2D eigenvalue weighted by Gasteiger charge is 2.23. The molecule has 0 radical (unpaired) electrons. The lowest BCUT2D eigenvalue weighted by Gasteiger charge is -2.35. The van der Waals surface area contributed by atoms with E-state index < -0.39 is 0 Å². The van der Waals surface area contributed by atoms with Crippen molar-refractivity contribution in [1.29, 1.82) is 0 Å². The Hall–Kier alpha value is -2.37. The van der Waals surface area contributed by atoms with E-state index in [0.717, 1.165) is 26.3 Å². The third-order valence-electron chi connectivity index (χ3n) is 4.55. The van der Waals surface area contributed by atoms with Gasteiger partial charge in [-0.15, -0.1) is 0 Å². The van der Waals surface area contributed by atoms with Crippen LogP contribution in [0.4, 0.5) is 5.69 Å². The van der Waals surface area contributed by atoms with E-state index in [0.29, 0.717) is 17.8 Å². The molecule has 1 amide bonds. The molecule has 25 heavy (non-hydrogen) atoms. The minimum absolute atomic E-state index is 0.0994. The van der Waals surface area contributed by atoms with E-state index in [2.05, 4.69) is 41.4 Å². The van der Waals surface area contributed by atoms with Gasteiger partial charge in [-0.1, -0.05) is 35.9 Å². The Kier molecular flexibility index (Phi) is 5.68. The Bertz CT molecular complexity index is 709. The minimum atomic E-state index is -0.0994. The Labute approximate surface area is 148 Å². The van der Waals surface area contributed by atoms with Gasteiger partial charge >= 0.3 is 0 Å². The molecule has 1 atom stereocenters. The van der Waals surface area contributed by atoms with Crippen LogP contribution in [0.2, 0.25) is 0 Å². The van der Waals surface area contributed by atoms with Gasteiger partial charge in [0.2, 0.25) is 0 Å². The van der Waals surface area contributed by atoms with Crippen LogP contribution in [-0.2, 0) is 4.74 Å². The second-order valence-electron chi connectivity index (χ2n) is 6.41. The van der Waals surface area contributed by atoms with Crippen molar-refractivity contribution in [3.8, 4) is 0 Å². The predicted octanol–water partition coefficient (Wildman–Crippen LogP) is 2.38. The van der Waals surface area contributed by atoms with Crippen LogP contribution < -0.4 is 11.1 Å². The monoisotopic (exact) mass is 339 g/mol. The second-order valence-corrected chi connectivity index (χ2v) is 6.41. The first kappa shape index (κ1) is 17.5. The summed E-state index contributed by atoms with van der Waals surface area (Å²) < 4.78 is 5.47. The highest BCUT2D eigenvalue weighted by molar-refractivity contribution is 5.95. The van der Waals surface area contributed by atoms with Crippen molar-refractivity contribution < 1.29 is 9.53 Å². The number of nitrogen functional groups attached to an aromatic ring is 1.